The molecule has 0 aliphatic heterocycles. The van der Waals surface area contributed by atoms with Crippen molar-refractivity contribution in [2.75, 3.05) is 0 Å². The van der Waals surface area contributed by atoms with Crippen LogP contribution in [0.15, 0.2) is 66.7 Å². The van der Waals surface area contributed by atoms with Gasteiger partial charge in [-0.1, -0.05) is 202 Å². The Hall–Kier alpha value is -2.35. The van der Waals surface area contributed by atoms with E-state index in [-0.39, 0.29) is 14.2 Å². The van der Waals surface area contributed by atoms with E-state index in [0.717, 1.165) is 41.1 Å². The molecule has 50 heavy (non-hydrogen) atoms. The van der Waals surface area contributed by atoms with Gasteiger partial charge in [-0.25, -0.2) is 4.39 Å². The SMILES string of the molecule is CC1CCC(C)CC1.CC1CCC(C)CC1.CC1CCC(C)CC1.Cc1ccc(C)c(F)c1.Cc1ccc(C)cc1.Cc1ccc(C)cc1.[B]. The Bertz CT molecular complexity index is 1040. The minimum atomic E-state index is -0.116. The molecular formula is C48H77BF. The number of aryl methyl sites for hydroxylation is 6. The predicted molar refractivity (Wildman–Crippen MR) is 224 cm³/mol. The van der Waals surface area contributed by atoms with Crippen molar-refractivity contribution in [3.63, 3.8) is 0 Å². The average molecular weight is 684 g/mol. The van der Waals surface area contributed by atoms with E-state index in [1.165, 1.54) is 105 Å². The van der Waals surface area contributed by atoms with E-state index in [4.69, 9.17) is 0 Å². The Balaban J connectivity index is 0.000000574. The van der Waals surface area contributed by atoms with Crippen molar-refractivity contribution in [2.24, 2.45) is 35.5 Å². The van der Waals surface area contributed by atoms with Crippen LogP contribution in [0.25, 0.3) is 0 Å². The fourth-order valence-electron chi connectivity index (χ4n) is 6.25. The smallest absolute Gasteiger partial charge is 0.126 e. The maximum atomic E-state index is 12.6. The normalized spacial score (nSPS) is 23.8. The van der Waals surface area contributed by atoms with Gasteiger partial charge in [0.1, 0.15) is 5.82 Å². The molecule has 0 bridgehead atoms. The van der Waals surface area contributed by atoms with Crippen LogP contribution in [0.4, 0.5) is 4.39 Å². The van der Waals surface area contributed by atoms with Crippen LogP contribution in [0.3, 0.4) is 0 Å². The first-order valence-corrected chi connectivity index (χ1v) is 19.9. The van der Waals surface area contributed by atoms with Crippen LogP contribution in [0.5, 0.6) is 0 Å². The molecule has 3 saturated carbocycles. The molecule has 2 heteroatoms. The first-order valence-electron chi connectivity index (χ1n) is 19.9. The molecular weight excluding hydrogens is 606 g/mol. The Morgan fingerprint density at radius 2 is 0.520 bits per heavy atom. The van der Waals surface area contributed by atoms with Gasteiger partial charge in [0.2, 0.25) is 0 Å². The van der Waals surface area contributed by atoms with E-state index in [1.54, 1.807) is 13.0 Å². The molecule has 0 saturated heterocycles. The van der Waals surface area contributed by atoms with Gasteiger partial charge in [-0.3, -0.25) is 0 Å². The zero-order valence-corrected chi connectivity index (χ0v) is 34.8. The van der Waals surface area contributed by atoms with Crippen LogP contribution in [0.1, 0.15) is 152 Å². The van der Waals surface area contributed by atoms with Crippen molar-refractivity contribution in [1.29, 1.82) is 0 Å². The molecule has 279 valence electrons. The lowest BCUT2D eigenvalue weighted by Crippen LogP contribution is -2.08. The number of halogens is 1. The summed E-state index contributed by atoms with van der Waals surface area (Å²) in [6, 6.07) is 22.2. The van der Waals surface area contributed by atoms with E-state index in [2.05, 4.69) is 118 Å². The number of hydrogen-bond acceptors (Lipinski definition) is 0. The molecule has 0 amide bonds. The first kappa shape index (κ1) is 47.7. The molecule has 0 nitrogen and oxygen atoms in total. The van der Waals surface area contributed by atoms with Crippen molar-refractivity contribution in [3.05, 3.63) is 106 Å². The zero-order chi connectivity index (χ0) is 36.8. The predicted octanol–water partition coefficient (Wildman–Crippen LogP) is 15.2. The Kier molecular flexibility index (Phi) is 26.0. The summed E-state index contributed by atoms with van der Waals surface area (Å²) >= 11 is 0. The Morgan fingerprint density at radius 1 is 0.340 bits per heavy atom. The summed E-state index contributed by atoms with van der Waals surface area (Å²) in [6.07, 6.45) is 17.7. The summed E-state index contributed by atoms with van der Waals surface area (Å²) in [4.78, 5) is 0. The third kappa shape index (κ3) is 24.7. The van der Waals surface area contributed by atoms with Gasteiger partial charge in [0.15, 0.2) is 0 Å². The van der Waals surface area contributed by atoms with Crippen LogP contribution in [-0.4, -0.2) is 8.41 Å². The summed E-state index contributed by atoms with van der Waals surface area (Å²) in [6.45, 7) is 26.2. The highest BCUT2D eigenvalue weighted by molar-refractivity contribution is 5.75. The second kappa shape index (κ2) is 27.3. The third-order valence-electron chi connectivity index (χ3n) is 10.7. The van der Waals surface area contributed by atoms with E-state index >= 15 is 0 Å². The number of benzene rings is 3. The third-order valence-corrected chi connectivity index (χ3v) is 10.7. The molecule has 0 aromatic heterocycles. The second-order valence-electron chi connectivity index (χ2n) is 16.7. The average Bonchev–Trinajstić information content (AvgIpc) is 3.08. The van der Waals surface area contributed by atoms with Crippen molar-refractivity contribution in [1.82, 2.24) is 0 Å². The van der Waals surface area contributed by atoms with Gasteiger partial charge in [-0.05, 0) is 94.2 Å². The van der Waals surface area contributed by atoms with E-state index in [9.17, 15) is 4.39 Å². The number of rotatable bonds is 0. The van der Waals surface area contributed by atoms with Gasteiger partial charge >= 0.3 is 0 Å². The first-order chi connectivity index (χ1) is 23.1. The van der Waals surface area contributed by atoms with Crippen molar-refractivity contribution in [3.8, 4) is 0 Å². The molecule has 0 unspecified atom stereocenters. The molecule has 6 rings (SSSR count). The van der Waals surface area contributed by atoms with E-state index in [1.807, 2.05) is 13.0 Å². The maximum Gasteiger partial charge on any atom is 0.126 e. The van der Waals surface area contributed by atoms with Crippen molar-refractivity contribution < 1.29 is 4.39 Å². The van der Waals surface area contributed by atoms with Gasteiger partial charge in [-0.2, -0.15) is 0 Å². The van der Waals surface area contributed by atoms with Crippen LogP contribution >= 0.6 is 0 Å². The lowest BCUT2D eigenvalue weighted by molar-refractivity contribution is 0.308. The van der Waals surface area contributed by atoms with Gasteiger partial charge in [0.25, 0.3) is 0 Å². The van der Waals surface area contributed by atoms with Gasteiger partial charge in [0.05, 0.1) is 0 Å². The number of hydrogen-bond donors (Lipinski definition) is 0. The summed E-state index contributed by atoms with van der Waals surface area (Å²) in [7, 11) is 0. The minimum absolute atomic E-state index is 0. The van der Waals surface area contributed by atoms with Crippen LogP contribution in [-0.2, 0) is 0 Å². The monoisotopic (exact) mass is 684 g/mol. The molecule has 3 fully saturated rings. The fourth-order valence-corrected chi connectivity index (χ4v) is 6.25. The summed E-state index contributed by atoms with van der Waals surface area (Å²) < 4.78 is 12.6. The quantitative estimate of drug-likeness (QED) is 0.207. The molecule has 3 aliphatic carbocycles. The molecule has 3 aliphatic rings. The molecule has 0 heterocycles. The van der Waals surface area contributed by atoms with Crippen LogP contribution in [0.2, 0.25) is 0 Å². The Morgan fingerprint density at radius 3 is 0.680 bits per heavy atom. The van der Waals surface area contributed by atoms with E-state index in [0.29, 0.717) is 5.56 Å². The maximum absolute atomic E-state index is 12.6. The van der Waals surface area contributed by atoms with Crippen molar-refractivity contribution in [2.45, 2.75) is 160 Å². The van der Waals surface area contributed by atoms with Crippen molar-refractivity contribution >= 4 is 8.41 Å². The van der Waals surface area contributed by atoms with Gasteiger partial charge < -0.3 is 0 Å². The van der Waals surface area contributed by atoms with Gasteiger partial charge in [0, 0.05) is 8.41 Å². The minimum Gasteiger partial charge on any atom is -0.207 e. The highest BCUT2D eigenvalue weighted by Crippen LogP contribution is 2.28. The van der Waals surface area contributed by atoms with Gasteiger partial charge in [-0.15, -0.1) is 0 Å². The molecule has 0 N–H and O–H groups in total. The molecule has 3 aromatic rings. The second-order valence-corrected chi connectivity index (χ2v) is 16.7. The molecule has 3 radical (unpaired) electrons. The summed E-state index contributed by atoms with van der Waals surface area (Å²) in [5.41, 5.74) is 7.00. The van der Waals surface area contributed by atoms with E-state index < -0.39 is 0 Å². The molecule has 0 spiro atoms. The summed E-state index contributed by atoms with van der Waals surface area (Å²) in [5, 5.41) is 0. The Labute approximate surface area is 313 Å². The van der Waals surface area contributed by atoms with Crippen LogP contribution < -0.4 is 0 Å². The largest absolute Gasteiger partial charge is 0.207 e. The summed E-state index contributed by atoms with van der Waals surface area (Å²) in [5.74, 6) is 6.00. The topological polar surface area (TPSA) is 0 Å². The zero-order valence-electron chi connectivity index (χ0n) is 34.8. The highest BCUT2D eigenvalue weighted by Gasteiger charge is 2.14. The van der Waals surface area contributed by atoms with Crippen LogP contribution in [0, 0.1) is 82.9 Å². The molecule has 0 atom stereocenters. The molecule has 3 aromatic carbocycles. The lowest BCUT2D eigenvalue weighted by atomic mass is 9.84. The lowest BCUT2D eigenvalue weighted by Gasteiger charge is -2.22. The standard InChI is InChI=1S/C8H9F.3C8H16.2C8H10.B/c1-6-3-4-7(2)8(9)5-6;5*1-7-3-5-8(2)6-4-7;/h3-5H,1-2H3;3*7-8H,3-6H2,1-2H3;2*3-6H,1-2H3;. The fraction of sp³-hybridized carbons (Fsp3) is 0.625. The highest BCUT2D eigenvalue weighted by atomic mass is 19.1.